The molecule has 3 atom stereocenters. The monoisotopic (exact) mass is 267 g/mol. The van der Waals surface area contributed by atoms with Gasteiger partial charge in [-0.2, -0.15) is 0 Å². The van der Waals surface area contributed by atoms with Gasteiger partial charge in [0.25, 0.3) is 0 Å². The molecule has 4 heteroatoms. The number of carbonyl (C=O) groups is 1. The summed E-state index contributed by atoms with van der Waals surface area (Å²) in [5.41, 5.74) is 5.97. The lowest BCUT2D eigenvalue weighted by atomic mass is 9.76. The average Bonchev–Trinajstić information content (AvgIpc) is 2.46. The number of nitrogens with zero attached hydrogens (tertiary/aromatic N) is 2. The molecular formula is C15H29N3O. The van der Waals surface area contributed by atoms with E-state index >= 15 is 0 Å². The molecule has 4 nitrogen and oxygen atoms in total. The number of piperazine rings is 1. The van der Waals surface area contributed by atoms with Gasteiger partial charge in [0.2, 0.25) is 5.91 Å². The maximum Gasteiger partial charge on any atom is 0.219 e. The third-order valence-electron chi connectivity index (χ3n) is 5.17. The van der Waals surface area contributed by atoms with Gasteiger partial charge in [-0.15, -0.1) is 0 Å². The molecule has 1 aliphatic carbocycles. The Morgan fingerprint density at radius 1 is 1.21 bits per heavy atom. The van der Waals surface area contributed by atoms with Gasteiger partial charge in [0.1, 0.15) is 0 Å². The smallest absolute Gasteiger partial charge is 0.219 e. The van der Waals surface area contributed by atoms with Crippen molar-refractivity contribution in [1.29, 1.82) is 0 Å². The van der Waals surface area contributed by atoms with Crippen LogP contribution >= 0.6 is 0 Å². The summed E-state index contributed by atoms with van der Waals surface area (Å²) in [4.78, 5) is 16.0. The fourth-order valence-electron chi connectivity index (χ4n) is 3.76. The molecule has 19 heavy (non-hydrogen) atoms. The Kier molecular flexibility index (Phi) is 5.22. The lowest BCUT2D eigenvalue weighted by molar-refractivity contribution is -0.131. The number of hydrogen-bond acceptors (Lipinski definition) is 3. The van der Waals surface area contributed by atoms with E-state index in [0.717, 1.165) is 38.6 Å². The van der Waals surface area contributed by atoms with Crippen LogP contribution in [0.4, 0.5) is 0 Å². The Morgan fingerprint density at radius 2 is 1.89 bits per heavy atom. The Morgan fingerprint density at radius 3 is 2.42 bits per heavy atom. The zero-order valence-corrected chi connectivity index (χ0v) is 12.5. The third-order valence-corrected chi connectivity index (χ3v) is 5.17. The van der Waals surface area contributed by atoms with E-state index in [2.05, 4.69) is 11.8 Å². The van der Waals surface area contributed by atoms with Gasteiger partial charge < -0.3 is 10.6 Å². The van der Waals surface area contributed by atoms with Crippen LogP contribution in [-0.4, -0.2) is 54.5 Å². The molecule has 2 fully saturated rings. The van der Waals surface area contributed by atoms with Gasteiger partial charge in [0.15, 0.2) is 0 Å². The Labute approximate surface area is 117 Å². The van der Waals surface area contributed by atoms with Crippen LogP contribution in [0.2, 0.25) is 0 Å². The van der Waals surface area contributed by atoms with Crippen molar-refractivity contribution in [3.8, 4) is 0 Å². The van der Waals surface area contributed by atoms with E-state index in [1.807, 2.05) is 4.90 Å². The number of amides is 1. The highest BCUT2D eigenvalue weighted by Crippen LogP contribution is 2.34. The highest BCUT2D eigenvalue weighted by atomic mass is 16.2. The summed E-state index contributed by atoms with van der Waals surface area (Å²) >= 11 is 0. The molecule has 3 unspecified atom stereocenters. The van der Waals surface area contributed by atoms with E-state index in [1.54, 1.807) is 6.92 Å². The summed E-state index contributed by atoms with van der Waals surface area (Å²) in [5, 5.41) is 0. The van der Waals surface area contributed by atoms with Gasteiger partial charge >= 0.3 is 0 Å². The standard InChI is InChI=1S/C15H29N3O/c1-3-13-4-5-14(11-16)15(10-13)18-8-6-17(7-9-18)12(2)19/h13-15H,3-11,16H2,1-2H3. The molecule has 2 N–H and O–H groups in total. The minimum atomic E-state index is 0.213. The molecule has 1 saturated carbocycles. The van der Waals surface area contributed by atoms with Crippen molar-refractivity contribution in [2.45, 2.75) is 45.6 Å². The van der Waals surface area contributed by atoms with Crippen LogP contribution in [0.3, 0.4) is 0 Å². The van der Waals surface area contributed by atoms with Crippen molar-refractivity contribution in [1.82, 2.24) is 9.80 Å². The van der Waals surface area contributed by atoms with Gasteiger partial charge in [0.05, 0.1) is 0 Å². The molecule has 0 aromatic carbocycles. The number of rotatable bonds is 3. The molecule has 2 aliphatic rings. The topological polar surface area (TPSA) is 49.6 Å². The maximum absolute atomic E-state index is 11.4. The lowest BCUT2D eigenvalue weighted by Crippen LogP contribution is -2.55. The Balaban J connectivity index is 1.93. The second-order valence-electron chi connectivity index (χ2n) is 6.19. The minimum absolute atomic E-state index is 0.213. The molecule has 1 heterocycles. The average molecular weight is 267 g/mol. The van der Waals surface area contributed by atoms with Crippen molar-refractivity contribution < 1.29 is 4.79 Å². The molecule has 0 aromatic rings. The van der Waals surface area contributed by atoms with Crippen LogP contribution in [0.1, 0.15) is 39.5 Å². The first-order valence-corrected chi connectivity index (χ1v) is 7.85. The van der Waals surface area contributed by atoms with E-state index in [9.17, 15) is 4.79 Å². The highest BCUT2D eigenvalue weighted by molar-refractivity contribution is 5.73. The number of hydrogen-bond donors (Lipinski definition) is 1. The van der Waals surface area contributed by atoms with E-state index in [1.165, 1.54) is 25.7 Å². The summed E-state index contributed by atoms with van der Waals surface area (Å²) in [6.07, 6.45) is 5.23. The predicted molar refractivity (Wildman–Crippen MR) is 77.8 cm³/mol. The van der Waals surface area contributed by atoms with Gasteiger partial charge in [-0.25, -0.2) is 0 Å². The third kappa shape index (κ3) is 3.48. The fourth-order valence-corrected chi connectivity index (χ4v) is 3.76. The molecule has 0 radical (unpaired) electrons. The first-order valence-electron chi connectivity index (χ1n) is 7.85. The van der Waals surface area contributed by atoms with Crippen molar-refractivity contribution in [3.63, 3.8) is 0 Å². The zero-order valence-electron chi connectivity index (χ0n) is 12.5. The quantitative estimate of drug-likeness (QED) is 0.838. The van der Waals surface area contributed by atoms with Crippen LogP contribution < -0.4 is 5.73 Å². The van der Waals surface area contributed by atoms with Crippen molar-refractivity contribution in [2.75, 3.05) is 32.7 Å². The highest BCUT2D eigenvalue weighted by Gasteiger charge is 2.34. The second-order valence-corrected chi connectivity index (χ2v) is 6.19. The summed E-state index contributed by atoms with van der Waals surface area (Å²) in [6.45, 7) is 8.62. The molecular weight excluding hydrogens is 238 g/mol. The Hall–Kier alpha value is -0.610. The number of nitrogens with two attached hydrogens (primary N) is 1. The van der Waals surface area contributed by atoms with Gasteiger partial charge in [-0.05, 0) is 31.2 Å². The summed E-state index contributed by atoms with van der Waals surface area (Å²) in [5.74, 6) is 1.75. The van der Waals surface area contributed by atoms with Gasteiger partial charge in [0, 0.05) is 39.1 Å². The first kappa shape index (κ1) is 14.8. The lowest BCUT2D eigenvalue weighted by Gasteiger charge is -2.45. The fraction of sp³-hybridized carbons (Fsp3) is 0.933. The van der Waals surface area contributed by atoms with E-state index in [-0.39, 0.29) is 5.91 Å². The van der Waals surface area contributed by atoms with Crippen molar-refractivity contribution in [2.24, 2.45) is 17.6 Å². The molecule has 0 bridgehead atoms. The summed E-state index contributed by atoms with van der Waals surface area (Å²) in [7, 11) is 0. The van der Waals surface area contributed by atoms with Crippen LogP contribution in [0, 0.1) is 11.8 Å². The van der Waals surface area contributed by atoms with Gasteiger partial charge in [-0.3, -0.25) is 9.69 Å². The normalized spacial score (nSPS) is 33.4. The zero-order chi connectivity index (χ0) is 13.8. The number of carbonyl (C=O) groups excluding carboxylic acids is 1. The van der Waals surface area contributed by atoms with E-state index in [0.29, 0.717) is 12.0 Å². The largest absolute Gasteiger partial charge is 0.340 e. The summed E-state index contributed by atoms with van der Waals surface area (Å²) in [6, 6.07) is 0.651. The predicted octanol–water partition coefficient (Wildman–Crippen LogP) is 1.30. The SMILES string of the molecule is CCC1CCC(CN)C(N2CCN(C(C)=O)CC2)C1. The molecule has 0 aromatic heterocycles. The molecule has 0 spiro atoms. The molecule has 1 aliphatic heterocycles. The van der Waals surface area contributed by atoms with Crippen molar-refractivity contribution in [3.05, 3.63) is 0 Å². The van der Waals surface area contributed by atoms with E-state index in [4.69, 9.17) is 5.73 Å². The van der Waals surface area contributed by atoms with E-state index < -0.39 is 0 Å². The van der Waals surface area contributed by atoms with Crippen molar-refractivity contribution >= 4 is 5.91 Å². The van der Waals surface area contributed by atoms with Crippen LogP contribution in [0.5, 0.6) is 0 Å². The minimum Gasteiger partial charge on any atom is -0.340 e. The molecule has 1 amide bonds. The maximum atomic E-state index is 11.4. The first-order chi connectivity index (χ1) is 9.15. The van der Waals surface area contributed by atoms with Crippen LogP contribution in [0.25, 0.3) is 0 Å². The van der Waals surface area contributed by atoms with Crippen LogP contribution in [-0.2, 0) is 4.79 Å². The van der Waals surface area contributed by atoms with Crippen LogP contribution in [0.15, 0.2) is 0 Å². The second kappa shape index (κ2) is 6.71. The molecule has 1 saturated heterocycles. The summed E-state index contributed by atoms with van der Waals surface area (Å²) < 4.78 is 0. The van der Waals surface area contributed by atoms with Gasteiger partial charge in [-0.1, -0.05) is 19.8 Å². The molecule has 110 valence electrons. The molecule has 2 rings (SSSR count). The Bertz CT molecular complexity index is 300.